The quantitative estimate of drug-likeness (QED) is 0.461. The number of nitrogens with one attached hydrogen (secondary N) is 2. The Hall–Kier alpha value is -1.01. The van der Waals surface area contributed by atoms with E-state index in [0.29, 0.717) is 6.61 Å². The van der Waals surface area contributed by atoms with Gasteiger partial charge >= 0.3 is 0 Å². The van der Waals surface area contributed by atoms with E-state index in [1.807, 2.05) is 47.0 Å². The first-order valence-corrected chi connectivity index (χ1v) is 5.14. The van der Waals surface area contributed by atoms with Gasteiger partial charge < -0.3 is 15.2 Å². The second-order valence-corrected chi connectivity index (χ2v) is 3.53. The Bertz CT molecular complexity index is 219. The molecular formula is C10H26ClN5O. The fourth-order valence-corrected chi connectivity index (χ4v) is 0.862. The van der Waals surface area contributed by atoms with Crippen LogP contribution in [0.3, 0.4) is 0 Å². The van der Waals surface area contributed by atoms with E-state index < -0.39 is 0 Å². The molecule has 0 aliphatic carbocycles. The van der Waals surface area contributed by atoms with Crippen molar-refractivity contribution in [2.24, 2.45) is 5.10 Å². The molecule has 0 fully saturated rings. The lowest BCUT2D eigenvalue weighted by molar-refractivity contribution is 0.321. The highest BCUT2D eigenvalue weighted by Crippen LogP contribution is 1.77. The van der Waals surface area contributed by atoms with E-state index in [1.54, 1.807) is 11.9 Å². The Morgan fingerprint density at radius 3 is 1.88 bits per heavy atom. The molecule has 0 unspecified atom stereocenters. The molecule has 17 heavy (non-hydrogen) atoms. The molecule has 0 aromatic rings. The van der Waals surface area contributed by atoms with E-state index in [4.69, 9.17) is 5.41 Å². The summed E-state index contributed by atoms with van der Waals surface area (Å²) in [5, 5.41) is 14.4. The van der Waals surface area contributed by atoms with E-state index >= 15 is 0 Å². The number of hydrazone groups is 1. The molecule has 7 heteroatoms. The van der Waals surface area contributed by atoms with Gasteiger partial charge in [0.1, 0.15) is 5.84 Å². The molecule has 0 amide bonds. The molecule has 6 nitrogen and oxygen atoms in total. The third kappa shape index (κ3) is 25.3. The zero-order chi connectivity index (χ0) is 13.1. The third-order valence-corrected chi connectivity index (χ3v) is 1.10. The second-order valence-electron chi connectivity index (χ2n) is 3.53. The number of halogens is 1. The summed E-state index contributed by atoms with van der Waals surface area (Å²) in [7, 11) is 7.63. The van der Waals surface area contributed by atoms with Crippen LogP contribution < -0.4 is 5.43 Å². The van der Waals surface area contributed by atoms with Gasteiger partial charge in [-0.15, -0.1) is 12.4 Å². The molecular weight excluding hydrogens is 242 g/mol. The Morgan fingerprint density at radius 2 is 1.71 bits per heavy atom. The van der Waals surface area contributed by atoms with Gasteiger partial charge in [0.15, 0.2) is 5.90 Å². The van der Waals surface area contributed by atoms with Crippen LogP contribution in [-0.4, -0.2) is 56.5 Å². The molecule has 0 aliphatic rings. The molecule has 0 bridgehead atoms. The molecule has 0 saturated heterocycles. The van der Waals surface area contributed by atoms with Crippen molar-refractivity contribution in [2.45, 2.75) is 20.8 Å². The van der Waals surface area contributed by atoms with Crippen molar-refractivity contribution >= 4 is 24.1 Å². The molecule has 0 heterocycles. The minimum absolute atomic E-state index is 0. The van der Waals surface area contributed by atoms with E-state index in [1.165, 1.54) is 0 Å². The summed E-state index contributed by atoms with van der Waals surface area (Å²) in [4.78, 5) is 0. The number of hydrogen-bond acceptors (Lipinski definition) is 5. The maximum Gasteiger partial charge on any atom is 0.177 e. The minimum Gasteiger partial charge on any atom is -0.482 e. The zero-order valence-electron chi connectivity index (χ0n) is 11.9. The van der Waals surface area contributed by atoms with Crippen LogP contribution in [0.2, 0.25) is 0 Å². The van der Waals surface area contributed by atoms with Gasteiger partial charge in [-0.05, 0) is 13.8 Å². The Labute approximate surface area is 111 Å². The zero-order valence-corrected chi connectivity index (χ0v) is 12.7. The normalized spacial score (nSPS) is 9.76. The number of nitrogens with zero attached hydrogens (tertiary/aromatic N) is 3. The Kier molecular flexibility index (Phi) is 16.4. The van der Waals surface area contributed by atoms with Crippen LogP contribution in [0.5, 0.6) is 0 Å². The predicted molar refractivity (Wildman–Crippen MR) is 75.9 cm³/mol. The molecule has 0 aromatic carbocycles. The number of hydrogen-bond donors (Lipinski definition) is 2. The second kappa shape index (κ2) is 13.1. The van der Waals surface area contributed by atoms with Crippen molar-refractivity contribution in [3.05, 3.63) is 0 Å². The smallest absolute Gasteiger partial charge is 0.177 e. The monoisotopic (exact) mass is 267 g/mol. The van der Waals surface area contributed by atoms with Crippen LogP contribution in [0.4, 0.5) is 0 Å². The van der Waals surface area contributed by atoms with Gasteiger partial charge in [-0.1, -0.05) is 0 Å². The molecule has 104 valence electrons. The fraction of sp³-hybridized carbons (Fsp3) is 0.800. The highest BCUT2D eigenvalue weighted by atomic mass is 35.5. The maximum atomic E-state index is 6.67. The molecule has 0 aliphatic heterocycles. The topological polar surface area (TPSA) is 63.9 Å². The standard InChI is InChI=1S/C6H16N4.C4H9NO.ClH/c1-6(7-9(2)3)8-10(4)5;1-3-6-4(2)5;/h1-5H3,(H,7,8);5H,3H2,1-2H3;1H. The van der Waals surface area contributed by atoms with Crippen molar-refractivity contribution < 1.29 is 4.74 Å². The first-order chi connectivity index (χ1) is 7.29. The fourth-order valence-electron chi connectivity index (χ4n) is 0.862. The van der Waals surface area contributed by atoms with E-state index in [-0.39, 0.29) is 18.3 Å². The predicted octanol–water partition coefficient (Wildman–Crippen LogP) is 1.39. The van der Waals surface area contributed by atoms with E-state index in [0.717, 1.165) is 5.84 Å². The largest absolute Gasteiger partial charge is 0.482 e. The SMILES string of the molecule is C/C(=N\N(C)C)NN(C)C.CCOC(C)=N.Cl. The molecule has 0 radical (unpaired) electrons. The molecule has 0 atom stereocenters. The molecule has 0 saturated carbocycles. The van der Waals surface area contributed by atoms with Gasteiger partial charge in [0, 0.05) is 35.1 Å². The average molecular weight is 268 g/mol. The number of amidine groups is 1. The van der Waals surface area contributed by atoms with Crippen molar-refractivity contribution in [3.63, 3.8) is 0 Å². The van der Waals surface area contributed by atoms with Gasteiger partial charge in [0.25, 0.3) is 0 Å². The van der Waals surface area contributed by atoms with E-state index in [2.05, 4.69) is 15.3 Å². The Morgan fingerprint density at radius 1 is 1.24 bits per heavy atom. The number of ether oxygens (including phenoxy) is 1. The third-order valence-electron chi connectivity index (χ3n) is 1.10. The van der Waals surface area contributed by atoms with Crippen LogP contribution in [0.15, 0.2) is 5.10 Å². The summed E-state index contributed by atoms with van der Waals surface area (Å²) in [5.74, 6) is 1.17. The first-order valence-electron chi connectivity index (χ1n) is 5.14. The van der Waals surface area contributed by atoms with E-state index in [9.17, 15) is 0 Å². The van der Waals surface area contributed by atoms with Gasteiger partial charge in [0.2, 0.25) is 0 Å². The molecule has 0 aromatic heterocycles. The lowest BCUT2D eigenvalue weighted by Crippen LogP contribution is -2.35. The number of rotatable bonds is 3. The highest BCUT2D eigenvalue weighted by Gasteiger charge is 1.90. The summed E-state index contributed by atoms with van der Waals surface area (Å²) < 4.78 is 4.62. The minimum atomic E-state index is 0. The van der Waals surface area contributed by atoms with Crippen molar-refractivity contribution in [3.8, 4) is 0 Å². The van der Waals surface area contributed by atoms with Crippen molar-refractivity contribution in [1.29, 1.82) is 5.41 Å². The average Bonchev–Trinajstić information content (AvgIpc) is 2.00. The van der Waals surface area contributed by atoms with Crippen molar-refractivity contribution in [1.82, 2.24) is 15.4 Å². The highest BCUT2D eigenvalue weighted by molar-refractivity contribution is 5.85. The van der Waals surface area contributed by atoms with Gasteiger partial charge in [-0.3, -0.25) is 5.41 Å². The summed E-state index contributed by atoms with van der Waals surface area (Å²) in [6.45, 7) is 6.00. The summed E-state index contributed by atoms with van der Waals surface area (Å²) in [6, 6.07) is 0. The van der Waals surface area contributed by atoms with Crippen LogP contribution >= 0.6 is 12.4 Å². The number of hydrazine groups is 1. The lowest BCUT2D eigenvalue weighted by Gasteiger charge is -2.14. The van der Waals surface area contributed by atoms with Crippen LogP contribution in [-0.2, 0) is 4.74 Å². The van der Waals surface area contributed by atoms with Crippen LogP contribution in [0.25, 0.3) is 0 Å². The molecule has 0 rings (SSSR count). The summed E-state index contributed by atoms with van der Waals surface area (Å²) in [6.07, 6.45) is 0. The maximum absolute atomic E-state index is 6.67. The lowest BCUT2D eigenvalue weighted by atomic mass is 10.7. The first kappa shape index (κ1) is 21.3. The van der Waals surface area contributed by atoms with Gasteiger partial charge in [-0.2, -0.15) is 5.10 Å². The Balaban J connectivity index is -0.000000244. The molecule has 0 spiro atoms. The van der Waals surface area contributed by atoms with Crippen LogP contribution in [0.1, 0.15) is 20.8 Å². The summed E-state index contributed by atoms with van der Waals surface area (Å²) >= 11 is 0. The molecule has 2 N–H and O–H groups in total. The van der Waals surface area contributed by atoms with Gasteiger partial charge in [0.05, 0.1) is 6.61 Å². The van der Waals surface area contributed by atoms with Crippen molar-refractivity contribution in [2.75, 3.05) is 34.8 Å². The summed E-state index contributed by atoms with van der Waals surface area (Å²) in [5.41, 5.74) is 3.02. The van der Waals surface area contributed by atoms with Crippen LogP contribution in [0, 0.1) is 5.41 Å². The van der Waals surface area contributed by atoms with Gasteiger partial charge in [-0.25, -0.2) is 5.01 Å².